The van der Waals surface area contributed by atoms with Crippen LogP contribution < -0.4 is 0 Å². The van der Waals surface area contributed by atoms with Gasteiger partial charge < -0.3 is 9.11 Å². The molecule has 0 aliphatic rings. The summed E-state index contributed by atoms with van der Waals surface area (Å²) < 4.78 is 45.4. The molecule has 2 unspecified atom stereocenters. The van der Waals surface area contributed by atoms with Crippen LogP contribution in [-0.2, 0) is 22.2 Å². The average Bonchev–Trinajstić information content (AvgIpc) is 2.87. The highest BCUT2D eigenvalue weighted by Crippen LogP contribution is 2.23. The van der Waals surface area contributed by atoms with Crippen molar-refractivity contribution in [2.24, 2.45) is 0 Å². The Hall–Kier alpha value is -3.42. The zero-order chi connectivity index (χ0) is 23.9. The highest BCUT2D eigenvalue weighted by molar-refractivity contribution is 7.79. The van der Waals surface area contributed by atoms with Crippen LogP contribution >= 0.6 is 0 Å². The molecule has 0 fully saturated rings. The van der Waals surface area contributed by atoms with E-state index in [1.165, 1.54) is 0 Å². The Labute approximate surface area is 203 Å². The summed E-state index contributed by atoms with van der Waals surface area (Å²) in [6.45, 7) is 0. The molecule has 34 heavy (non-hydrogen) atoms. The maximum absolute atomic E-state index is 11.4. The van der Waals surface area contributed by atoms with Gasteiger partial charge in [0, 0.05) is 9.79 Å². The second kappa shape index (κ2) is 11.1. The van der Waals surface area contributed by atoms with E-state index in [-0.39, 0.29) is 9.79 Å². The van der Waals surface area contributed by atoms with Crippen LogP contribution in [0.5, 0.6) is 0 Å². The smallest absolute Gasteiger partial charge is 0.0321 e. The minimum Gasteiger partial charge on any atom is -0.768 e. The van der Waals surface area contributed by atoms with Crippen LogP contribution in [0, 0.1) is 0 Å². The first-order valence-corrected chi connectivity index (χ1v) is 12.6. The first-order valence-electron chi connectivity index (χ1n) is 10.4. The van der Waals surface area contributed by atoms with Gasteiger partial charge in [0.1, 0.15) is 0 Å². The molecule has 0 aliphatic carbocycles. The largest absolute Gasteiger partial charge is 0.768 e. The van der Waals surface area contributed by atoms with Crippen molar-refractivity contribution in [3.8, 4) is 11.1 Å². The summed E-state index contributed by atoms with van der Waals surface area (Å²) in [6, 6.07) is 29.7. The maximum atomic E-state index is 11.4. The molecule has 6 heteroatoms. The van der Waals surface area contributed by atoms with Gasteiger partial charge >= 0.3 is 0 Å². The molecule has 0 saturated heterocycles. The van der Waals surface area contributed by atoms with Gasteiger partial charge in [0.2, 0.25) is 0 Å². The first-order chi connectivity index (χ1) is 16.5. The summed E-state index contributed by atoms with van der Waals surface area (Å²) in [7, 11) is 0. The number of benzene rings is 4. The van der Waals surface area contributed by atoms with Gasteiger partial charge in [-0.15, -0.1) is 0 Å². The van der Waals surface area contributed by atoms with Crippen molar-refractivity contribution in [2.75, 3.05) is 0 Å². The molecule has 0 spiro atoms. The van der Waals surface area contributed by atoms with Crippen LogP contribution in [0.3, 0.4) is 0 Å². The molecule has 4 aromatic rings. The molecule has 0 N–H and O–H groups in total. The highest BCUT2D eigenvalue weighted by Gasteiger charge is 2.01. The summed E-state index contributed by atoms with van der Waals surface area (Å²) in [5.74, 6) is 0. The third-order valence-electron chi connectivity index (χ3n) is 5.26. The van der Waals surface area contributed by atoms with Gasteiger partial charge in [-0.2, -0.15) is 0 Å². The fourth-order valence-corrected chi connectivity index (χ4v) is 4.52. The van der Waals surface area contributed by atoms with Crippen LogP contribution in [0.4, 0.5) is 0 Å². The fraction of sp³-hybridized carbons (Fsp3) is 0. The lowest BCUT2D eigenvalue weighted by atomic mass is 10.0. The van der Waals surface area contributed by atoms with E-state index in [0.29, 0.717) is 11.1 Å². The Morgan fingerprint density at radius 1 is 0.471 bits per heavy atom. The van der Waals surface area contributed by atoms with Gasteiger partial charge in [0.15, 0.2) is 0 Å². The predicted molar refractivity (Wildman–Crippen MR) is 137 cm³/mol. The van der Waals surface area contributed by atoms with E-state index in [1.54, 1.807) is 48.6 Å². The standard InChI is InChI=1S/C28H22O4S2/c29-33(30)27-7-3-1-5-25(27)19-13-21-9-15-23(16-10-21)24-17-11-22(12-18-24)14-20-26-6-2-4-8-28(26)34(31)32/h1-20H,(H,29,30)(H,31,32)/p-2/b19-13+,20-14+. The molecule has 0 radical (unpaired) electrons. The second-order valence-corrected chi connectivity index (χ2v) is 9.27. The molecule has 0 bridgehead atoms. The normalized spacial score (nSPS) is 13.4. The minimum absolute atomic E-state index is 0.272. The van der Waals surface area contributed by atoms with Gasteiger partial charge in [-0.1, -0.05) is 109 Å². The SMILES string of the molecule is O=S([O-])c1ccccc1/C=C/c1ccc(-c2ccc(/C=C/c3ccccc3S(=O)[O-])cc2)cc1. The Kier molecular flexibility index (Phi) is 7.77. The lowest BCUT2D eigenvalue weighted by Crippen LogP contribution is -1.91. The van der Waals surface area contributed by atoms with Crippen LogP contribution in [0.1, 0.15) is 22.3 Å². The monoisotopic (exact) mass is 484 g/mol. The third-order valence-corrected chi connectivity index (χ3v) is 6.72. The first kappa shape index (κ1) is 23.7. The van der Waals surface area contributed by atoms with E-state index < -0.39 is 22.2 Å². The molecule has 4 nitrogen and oxygen atoms in total. The van der Waals surface area contributed by atoms with Crippen molar-refractivity contribution in [1.82, 2.24) is 0 Å². The molecule has 170 valence electrons. The summed E-state index contributed by atoms with van der Waals surface area (Å²) >= 11 is -4.56. The Bertz CT molecular complexity index is 1280. The van der Waals surface area contributed by atoms with E-state index in [2.05, 4.69) is 0 Å². The predicted octanol–water partition coefficient (Wildman–Crippen LogP) is 6.17. The van der Waals surface area contributed by atoms with E-state index in [9.17, 15) is 17.5 Å². The molecule has 0 amide bonds. The van der Waals surface area contributed by atoms with Crippen LogP contribution in [0.2, 0.25) is 0 Å². The van der Waals surface area contributed by atoms with Crippen molar-refractivity contribution in [3.05, 3.63) is 119 Å². The van der Waals surface area contributed by atoms with Gasteiger partial charge in [-0.25, -0.2) is 0 Å². The van der Waals surface area contributed by atoms with Crippen molar-refractivity contribution < 1.29 is 17.5 Å². The van der Waals surface area contributed by atoms with Crippen molar-refractivity contribution in [3.63, 3.8) is 0 Å². The van der Waals surface area contributed by atoms with Gasteiger partial charge in [0.25, 0.3) is 0 Å². The zero-order valence-corrected chi connectivity index (χ0v) is 19.6. The molecule has 0 aliphatic heterocycles. The van der Waals surface area contributed by atoms with Crippen LogP contribution in [0.15, 0.2) is 107 Å². The maximum Gasteiger partial charge on any atom is 0.0321 e. The van der Waals surface area contributed by atoms with E-state index >= 15 is 0 Å². The quantitative estimate of drug-likeness (QED) is 0.232. The fourth-order valence-electron chi connectivity index (χ4n) is 3.49. The van der Waals surface area contributed by atoms with Gasteiger partial charge in [-0.05, 0) is 67.7 Å². The van der Waals surface area contributed by atoms with Crippen LogP contribution in [-0.4, -0.2) is 17.5 Å². The summed E-state index contributed by atoms with van der Waals surface area (Å²) in [6.07, 6.45) is 7.36. The highest BCUT2D eigenvalue weighted by atomic mass is 32.2. The minimum atomic E-state index is -2.28. The molecular weight excluding hydrogens is 464 g/mol. The van der Waals surface area contributed by atoms with E-state index in [4.69, 9.17) is 0 Å². The summed E-state index contributed by atoms with van der Waals surface area (Å²) in [4.78, 5) is 0.545. The molecule has 0 aromatic heterocycles. The van der Waals surface area contributed by atoms with Crippen molar-refractivity contribution in [2.45, 2.75) is 9.79 Å². The molecule has 0 saturated carbocycles. The molecule has 2 atom stereocenters. The van der Waals surface area contributed by atoms with Gasteiger partial charge in [0.05, 0.1) is 0 Å². The average molecular weight is 485 g/mol. The molecule has 0 heterocycles. The number of hydrogen-bond donors (Lipinski definition) is 0. The van der Waals surface area contributed by atoms with Gasteiger partial charge in [-0.3, -0.25) is 8.42 Å². The van der Waals surface area contributed by atoms with Crippen LogP contribution in [0.25, 0.3) is 35.4 Å². The van der Waals surface area contributed by atoms with E-state index in [1.807, 2.05) is 72.8 Å². The Balaban J connectivity index is 1.47. The molecule has 4 rings (SSSR count). The molecule has 4 aromatic carbocycles. The van der Waals surface area contributed by atoms with E-state index in [0.717, 1.165) is 22.3 Å². The third kappa shape index (κ3) is 5.92. The van der Waals surface area contributed by atoms with Crippen molar-refractivity contribution >= 4 is 46.5 Å². The Morgan fingerprint density at radius 3 is 1.18 bits per heavy atom. The lowest BCUT2D eigenvalue weighted by Gasteiger charge is -2.08. The summed E-state index contributed by atoms with van der Waals surface area (Å²) in [5.41, 5.74) is 5.33. The topological polar surface area (TPSA) is 80.3 Å². The number of hydrogen-bond acceptors (Lipinski definition) is 4. The molecular formula is C28H20O4S2-2. The Morgan fingerprint density at radius 2 is 0.824 bits per heavy atom. The number of rotatable bonds is 7. The lowest BCUT2D eigenvalue weighted by molar-refractivity contribution is 0.535. The zero-order valence-electron chi connectivity index (χ0n) is 18.0. The second-order valence-electron chi connectivity index (χ2n) is 7.46. The summed E-state index contributed by atoms with van der Waals surface area (Å²) in [5, 5.41) is 0. The van der Waals surface area contributed by atoms with Crippen molar-refractivity contribution in [1.29, 1.82) is 0 Å².